The SMILES string of the molecule is CC1C(=O)NC(C2CC2)C(=O)N1Cc1cc(Cl)ccc1Cl. The van der Waals surface area contributed by atoms with Crippen LogP contribution in [-0.2, 0) is 16.1 Å². The highest BCUT2D eigenvalue weighted by molar-refractivity contribution is 6.33. The molecule has 0 spiro atoms. The molecule has 4 nitrogen and oxygen atoms in total. The highest BCUT2D eigenvalue weighted by atomic mass is 35.5. The van der Waals surface area contributed by atoms with Crippen molar-refractivity contribution in [3.63, 3.8) is 0 Å². The second-order valence-corrected chi connectivity index (χ2v) is 6.55. The van der Waals surface area contributed by atoms with Gasteiger partial charge in [0.15, 0.2) is 0 Å². The van der Waals surface area contributed by atoms with Crippen LogP contribution in [0.1, 0.15) is 25.3 Å². The van der Waals surface area contributed by atoms with E-state index in [1.54, 1.807) is 30.0 Å². The fourth-order valence-corrected chi connectivity index (χ4v) is 3.03. The fraction of sp³-hybridized carbons (Fsp3) is 0.467. The number of amides is 2. The van der Waals surface area contributed by atoms with Gasteiger partial charge in [-0.2, -0.15) is 0 Å². The van der Waals surface area contributed by atoms with Gasteiger partial charge in [-0.25, -0.2) is 0 Å². The Labute approximate surface area is 133 Å². The molecule has 2 amide bonds. The molecule has 2 fully saturated rings. The van der Waals surface area contributed by atoms with E-state index in [0.717, 1.165) is 18.4 Å². The highest BCUT2D eigenvalue weighted by Gasteiger charge is 2.45. The van der Waals surface area contributed by atoms with Crippen molar-refractivity contribution in [2.75, 3.05) is 0 Å². The summed E-state index contributed by atoms with van der Waals surface area (Å²) in [5, 5.41) is 3.94. The van der Waals surface area contributed by atoms with E-state index in [1.165, 1.54) is 0 Å². The molecule has 1 saturated heterocycles. The van der Waals surface area contributed by atoms with Gasteiger partial charge in [0.05, 0.1) is 0 Å². The van der Waals surface area contributed by atoms with E-state index in [2.05, 4.69) is 5.32 Å². The Kier molecular flexibility index (Phi) is 3.84. The number of nitrogens with one attached hydrogen (secondary N) is 1. The zero-order chi connectivity index (χ0) is 15.1. The minimum atomic E-state index is -0.498. The predicted octanol–water partition coefficient (Wildman–Crippen LogP) is 2.62. The standard InChI is InChI=1S/C15H16Cl2N2O2/c1-8-14(20)18-13(9-2-3-9)15(21)19(8)7-10-6-11(16)4-5-12(10)17/h4-6,8-9,13H,2-3,7H2,1H3,(H,18,20). The fourth-order valence-electron chi connectivity index (χ4n) is 2.66. The third-order valence-electron chi connectivity index (χ3n) is 4.14. The molecule has 2 aliphatic rings. The van der Waals surface area contributed by atoms with E-state index < -0.39 is 6.04 Å². The summed E-state index contributed by atoms with van der Waals surface area (Å²) in [6.07, 6.45) is 1.99. The van der Waals surface area contributed by atoms with E-state index in [-0.39, 0.29) is 23.8 Å². The number of halogens is 2. The number of benzene rings is 1. The minimum absolute atomic E-state index is 0.0272. The summed E-state index contributed by atoms with van der Waals surface area (Å²) in [6, 6.07) is 4.27. The van der Waals surface area contributed by atoms with Crippen molar-refractivity contribution in [3.05, 3.63) is 33.8 Å². The lowest BCUT2D eigenvalue weighted by Crippen LogP contribution is -2.62. The Morgan fingerprint density at radius 2 is 2.00 bits per heavy atom. The van der Waals surface area contributed by atoms with Crippen molar-refractivity contribution in [2.45, 2.75) is 38.4 Å². The minimum Gasteiger partial charge on any atom is -0.342 e. The summed E-state index contributed by atoms with van der Waals surface area (Å²) < 4.78 is 0. The molecule has 1 aromatic rings. The number of hydrogen-bond acceptors (Lipinski definition) is 2. The second kappa shape index (κ2) is 5.50. The average molecular weight is 327 g/mol. The molecule has 1 aliphatic heterocycles. The first-order valence-corrected chi connectivity index (χ1v) is 7.77. The van der Waals surface area contributed by atoms with Gasteiger partial charge in [0.2, 0.25) is 11.8 Å². The molecule has 1 aliphatic carbocycles. The third kappa shape index (κ3) is 2.87. The average Bonchev–Trinajstić information content (AvgIpc) is 3.27. The zero-order valence-electron chi connectivity index (χ0n) is 11.6. The van der Waals surface area contributed by atoms with Gasteiger partial charge < -0.3 is 10.2 Å². The summed E-state index contributed by atoms with van der Waals surface area (Å²) >= 11 is 12.1. The van der Waals surface area contributed by atoms with Crippen LogP contribution in [0.3, 0.4) is 0 Å². The Balaban J connectivity index is 1.85. The lowest BCUT2D eigenvalue weighted by atomic mass is 10.0. The van der Waals surface area contributed by atoms with E-state index in [0.29, 0.717) is 16.6 Å². The number of nitrogens with zero attached hydrogens (tertiary/aromatic N) is 1. The van der Waals surface area contributed by atoms with Crippen LogP contribution < -0.4 is 5.32 Å². The topological polar surface area (TPSA) is 49.4 Å². The normalized spacial score (nSPS) is 26.0. The number of hydrogen-bond donors (Lipinski definition) is 1. The van der Waals surface area contributed by atoms with Crippen LogP contribution in [0, 0.1) is 5.92 Å². The molecule has 2 unspecified atom stereocenters. The van der Waals surface area contributed by atoms with Gasteiger partial charge in [0, 0.05) is 16.6 Å². The van der Waals surface area contributed by atoms with Crippen LogP contribution in [-0.4, -0.2) is 28.8 Å². The van der Waals surface area contributed by atoms with Crippen molar-refractivity contribution in [1.82, 2.24) is 10.2 Å². The Hall–Kier alpha value is -1.26. The van der Waals surface area contributed by atoms with Gasteiger partial charge in [-0.05, 0) is 49.4 Å². The van der Waals surface area contributed by atoms with Crippen molar-refractivity contribution >= 4 is 35.0 Å². The van der Waals surface area contributed by atoms with E-state index in [4.69, 9.17) is 23.2 Å². The molecule has 0 aromatic heterocycles. The van der Waals surface area contributed by atoms with E-state index in [1.807, 2.05) is 0 Å². The molecule has 6 heteroatoms. The maximum Gasteiger partial charge on any atom is 0.246 e. The monoisotopic (exact) mass is 326 g/mol. The van der Waals surface area contributed by atoms with Crippen LogP contribution in [0.4, 0.5) is 0 Å². The number of piperazine rings is 1. The van der Waals surface area contributed by atoms with Gasteiger partial charge >= 0.3 is 0 Å². The molecule has 0 bridgehead atoms. The molecule has 2 atom stereocenters. The zero-order valence-corrected chi connectivity index (χ0v) is 13.1. The molecular formula is C15H16Cl2N2O2. The van der Waals surface area contributed by atoms with Crippen molar-refractivity contribution in [1.29, 1.82) is 0 Å². The van der Waals surface area contributed by atoms with Crippen LogP contribution >= 0.6 is 23.2 Å². The lowest BCUT2D eigenvalue weighted by molar-refractivity contribution is -0.149. The van der Waals surface area contributed by atoms with Gasteiger partial charge in [-0.3, -0.25) is 9.59 Å². The third-order valence-corrected chi connectivity index (χ3v) is 4.74. The lowest BCUT2D eigenvalue weighted by Gasteiger charge is -2.37. The van der Waals surface area contributed by atoms with E-state index >= 15 is 0 Å². The van der Waals surface area contributed by atoms with Crippen molar-refractivity contribution in [2.24, 2.45) is 5.92 Å². The van der Waals surface area contributed by atoms with Crippen molar-refractivity contribution < 1.29 is 9.59 Å². The maximum absolute atomic E-state index is 12.6. The summed E-state index contributed by atoms with van der Waals surface area (Å²) in [5.41, 5.74) is 0.758. The van der Waals surface area contributed by atoms with Gasteiger partial charge in [-0.1, -0.05) is 23.2 Å². The summed E-state index contributed by atoms with van der Waals surface area (Å²) in [7, 11) is 0. The Bertz CT molecular complexity index is 601. The second-order valence-electron chi connectivity index (χ2n) is 5.70. The van der Waals surface area contributed by atoms with Crippen LogP contribution in [0.25, 0.3) is 0 Å². The Morgan fingerprint density at radius 3 is 2.67 bits per heavy atom. The first-order chi connectivity index (χ1) is 9.97. The van der Waals surface area contributed by atoms with Crippen LogP contribution in [0.2, 0.25) is 10.0 Å². The molecule has 1 N–H and O–H groups in total. The van der Waals surface area contributed by atoms with E-state index in [9.17, 15) is 9.59 Å². The smallest absolute Gasteiger partial charge is 0.246 e. The molecule has 0 radical (unpaired) electrons. The molecule has 1 heterocycles. The first kappa shape index (κ1) is 14.7. The van der Waals surface area contributed by atoms with Crippen molar-refractivity contribution in [3.8, 4) is 0 Å². The summed E-state index contributed by atoms with van der Waals surface area (Å²) in [6.45, 7) is 2.03. The number of carbonyl (C=O) groups excluding carboxylic acids is 2. The highest BCUT2D eigenvalue weighted by Crippen LogP contribution is 2.35. The van der Waals surface area contributed by atoms with Gasteiger partial charge in [0.1, 0.15) is 12.1 Å². The molecular weight excluding hydrogens is 311 g/mol. The van der Waals surface area contributed by atoms with Crippen LogP contribution in [0.5, 0.6) is 0 Å². The number of carbonyl (C=O) groups is 2. The molecule has 1 aromatic carbocycles. The number of rotatable bonds is 3. The Morgan fingerprint density at radius 1 is 1.29 bits per heavy atom. The maximum atomic E-state index is 12.6. The molecule has 112 valence electrons. The van der Waals surface area contributed by atoms with Gasteiger partial charge in [0.25, 0.3) is 0 Å². The quantitative estimate of drug-likeness (QED) is 0.928. The molecule has 1 saturated carbocycles. The molecule has 21 heavy (non-hydrogen) atoms. The molecule has 3 rings (SSSR count). The predicted molar refractivity (Wildman–Crippen MR) is 81.1 cm³/mol. The van der Waals surface area contributed by atoms with Gasteiger partial charge in [-0.15, -0.1) is 0 Å². The summed E-state index contributed by atoms with van der Waals surface area (Å²) in [5.74, 6) is 0.150. The summed E-state index contributed by atoms with van der Waals surface area (Å²) in [4.78, 5) is 26.3. The largest absolute Gasteiger partial charge is 0.342 e. The van der Waals surface area contributed by atoms with Crippen LogP contribution in [0.15, 0.2) is 18.2 Å². The first-order valence-electron chi connectivity index (χ1n) is 7.02.